The summed E-state index contributed by atoms with van der Waals surface area (Å²) >= 11 is 1.64. The molecule has 86 valence electrons. The lowest BCUT2D eigenvalue weighted by molar-refractivity contribution is -0.140. The van der Waals surface area contributed by atoms with Crippen molar-refractivity contribution in [3.63, 3.8) is 0 Å². The van der Waals surface area contributed by atoms with E-state index in [1.807, 2.05) is 6.08 Å². The van der Waals surface area contributed by atoms with Crippen molar-refractivity contribution in [3.8, 4) is 0 Å². The molecule has 1 N–H and O–H groups in total. The number of hydrogen-bond acceptors (Lipinski definition) is 2. The van der Waals surface area contributed by atoms with Gasteiger partial charge in [-0.3, -0.25) is 4.79 Å². The topological polar surface area (TPSA) is 37.3 Å². The Labute approximate surface area is 96.1 Å². The van der Waals surface area contributed by atoms with E-state index in [4.69, 9.17) is 0 Å². The highest BCUT2D eigenvalue weighted by molar-refractivity contribution is 8.01. The fraction of sp³-hybridized carbons (Fsp3) is 0.750. The third-order valence-corrected chi connectivity index (χ3v) is 4.61. The molecule has 15 heavy (non-hydrogen) atoms. The minimum atomic E-state index is -0.603. The Kier molecular flexibility index (Phi) is 5.23. The first-order valence-corrected chi connectivity index (χ1v) is 6.68. The fourth-order valence-electron chi connectivity index (χ4n) is 2.05. The van der Waals surface area contributed by atoms with Crippen molar-refractivity contribution < 1.29 is 9.90 Å². The monoisotopic (exact) mass is 228 g/mol. The van der Waals surface area contributed by atoms with Gasteiger partial charge in [0.25, 0.3) is 0 Å². The lowest BCUT2D eigenvalue weighted by atomic mass is 9.95. The molecule has 3 heteroatoms. The van der Waals surface area contributed by atoms with Crippen molar-refractivity contribution in [2.24, 2.45) is 0 Å². The van der Waals surface area contributed by atoms with Gasteiger partial charge in [-0.15, -0.1) is 18.3 Å². The maximum atomic E-state index is 11.2. The number of hydrogen-bond donors (Lipinski definition) is 1. The molecule has 0 aliphatic carbocycles. The summed E-state index contributed by atoms with van der Waals surface area (Å²) in [5.41, 5.74) is 0. The Morgan fingerprint density at radius 2 is 2.27 bits per heavy atom. The third-order valence-electron chi connectivity index (χ3n) is 2.98. The van der Waals surface area contributed by atoms with Crippen LogP contribution in [0.15, 0.2) is 12.7 Å². The predicted molar refractivity (Wildman–Crippen MR) is 65.3 cm³/mol. The van der Waals surface area contributed by atoms with E-state index in [0.717, 1.165) is 50.7 Å². The predicted octanol–water partition coefficient (Wildman–Crippen LogP) is 3.47. The van der Waals surface area contributed by atoms with Gasteiger partial charge in [-0.1, -0.05) is 18.9 Å². The van der Waals surface area contributed by atoms with Gasteiger partial charge in [0.05, 0.1) is 0 Å². The highest BCUT2D eigenvalue weighted by atomic mass is 32.2. The number of unbranched alkanes of at least 4 members (excludes halogenated alkanes) is 3. The Bertz CT molecular complexity index is 220. The molecule has 0 radical (unpaired) electrons. The molecule has 0 spiro atoms. The Balaban J connectivity index is 2.27. The number of carboxylic acids is 1. The van der Waals surface area contributed by atoms with E-state index < -0.39 is 10.7 Å². The summed E-state index contributed by atoms with van der Waals surface area (Å²) in [5, 5.41) is 9.23. The van der Waals surface area contributed by atoms with Gasteiger partial charge in [-0.05, 0) is 37.9 Å². The van der Waals surface area contributed by atoms with E-state index in [0.29, 0.717) is 0 Å². The molecule has 0 aromatic carbocycles. The molecule has 0 aromatic heterocycles. The largest absolute Gasteiger partial charge is 0.480 e. The van der Waals surface area contributed by atoms with E-state index in [9.17, 15) is 9.90 Å². The number of rotatable bonds is 7. The Morgan fingerprint density at radius 1 is 1.47 bits per heavy atom. The van der Waals surface area contributed by atoms with Gasteiger partial charge in [0, 0.05) is 0 Å². The molecule has 1 rings (SSSR count). The van der Waals surface area contributed by atoms with Crippen molar-refractivity contribution in [1.29, 1.82) is 0 Å². The minimum Gasteiger partial charge on any atom is -0.480 e. The lowest BCUT2D eigenvalue weighted by Gasteiger charge is -2.22. The van der Waals surface area contributed by atoms with Crippen LogP contribution in [0.2, 0.25) is 0 Å². The van der Waals surface area contributed by atoms with E-state index in [2.05, 4.69) is 6.58 Å². The standard InChI is InChI=1S/C12H20O2S/c1-2-3-4-5-6-8-12(11(13)14)9-7-10-15-12/h2H,1,3-10H2,(H,13,14). The van der Waals surface area contributed by atoms with Crippen LogP contribution in [0.4, 0.5) is 0 Å². The average molecular weight is 228 g/mol. The van der Waals surface area contributed by atoms with Crippen molar-refractivity contribution >= 4 is 17.7 Å². The first-order chi connectivity index (χ1) is 7.21. The molecule has 1 heterocycles. The van der Waals surface area contributed by atoms with Crippen LogP contribution >= 0.6 is 11.8 Å². The van der Waals surface area contributed by atoms with Crippen LogP contribution in [-0.2, 0) is 4.79 Å². The molecule has 1 unspecified atom stereocenters. The summed E-state index contributed by atoms with van der Waals surface area (Å²) in [4.78, 5) is 11.2. The first-order valence-electron chi connectivity index (χ1n) is 5.69. The van der Waals surface area contributed by atoms with Crippen LogP contribution in [0.5, 0.6) is 0 Å². The summed E-state index contributed by atoms with van der Waals surface area (Å²) in [6.45, 7) is 3.68. The number of thioether (sulfide) groups is 1. The summed E-state index contributed by atoms with van der Waals surface area (Å²) in [5.74, 6) is 0.410. The molecule has 1 aliphatic heterocycles. The van der Waals surface area contributed by atoms with E-state index in [-0.39, 0.29) is 0 Å². The van der Waals surface area contributed by atoms with Gasteiger partial charge in [-0.25, -0.2) is 0 Å². The van der Waals surface area contributed by atoms with E-state index in [1.54, 1.807) is 11.8 Å². The van der Waals surface area contributed by atoms with Crippen molar-refractivity contribution in [2.75, 3.05) is 5.75 Å². The van der Waals surface area contributed by atoms with Crippen LogP contribution < -0.4 is 0 Å². The van der Waals surface area contributed by atoms with E-state index >= 15 is 0 Å². The van der Waals surface area contributed by atoms with Gasteiger partial charge in [0.15, 0.2) is 0 Å². The van der Waals surface area contributed by atoms with Crippen LogP contribution in [0.25, 0.3) is 0 Å². The smallest absolute Gasteiger partial charge is 0.319 e. The van der Waals surface area contributed by atoms with Crippen LogP contribution in [0.1, 0.15) is 44.9 Å². The average Bonchev–Trinajstić information content (AvgIpc) is 2.67. The minimum absolute atomic E-state index is 0.450. The molecule has 2 nitrogen and oxygen atoms in total. The van der Waals surface area contributed by atoms with Gasteiger partial charge >= 0.3 is 5.97 Å². The molecular weight excluding hydrogens is 208 g/mol. The van der Waals surface area contributed by atoms with Gasteiger partial charge in [0.2, 0.25) is 0 Å². The van der Waals surface area contributed by atoms with Gasteiger partial charge in [-0.2, -0.15) is 0 Å². The summed E-state index contributed by atoms with van der Waals surface area (Å²) in [6.07, 6.45) is 9.03. The maximum Gasteiger partial charge on any atom is 0.319 e. The zero-order valence-electron chi connectivity index (χ0n) is 9.21. The summed E-state index contributed by atoms with van der Waals surface area (Å²) in [6, 6.07) is 0. The Morgan fingerprint density at radius 3 is 2.80 bits per heavy atom. The molecule has 0 amide bonds. The highest BCUT2D eigenvalue weighted by Gasteiger charge is 2.41. The second kappa shape index (κ2) is 6.21. The zero-order valence-corrected chi connectivity index (χ0v) is 10.0. The number of allylic oxidation sites excluding steroid dienone is 1. The quantitative estimate of drug-likeness (QED) is 0.535. The number of carbonyl (C=O) groups is 1. The second-order valence-corrected chi connectivity index (χ2v) is 5.62. The van der Waals surface area contributed by atoms with Crippen molar-refractivity contribution in [1.82, 2.24) is 0 Å². The molecule has 1 fully saturated rings. The van der Waals surface area contributed by atoms with Gasteiger partial charge < -0.3 is 5.11 Å². The normalized spacial score (nSPS) is 25.3. The Hall–Kier alpha value is -0.440. The molecule has 0 saturated carbocycles. The molecular formula is C12H20O2S. The lowest BCUT2D eigenvalue weighted by Crippen LogP contribution is -2.32. The summed E-state index contributed by atoms with van der Waals surface area (Å²) < 4.78 is -0.450. The highest BCUT2D eigenvalue weighted by Crippen LogP contribution is 2.42. The van der Waals surface area contributed by atoms with Crippen molar-refractivity contribution in [3.05, 3.63) is 12.7 Å². The van der Waals surface area contributed by atoms with Crippen molar-refractivity contribution in [2.45, 2.75) is 49.7 Å². The SMILES string of the molecule is C=CCCCCCC1(C(=O)O)CCCS1. The first kappa shape index (κ1) is 12.6. The molecule has 1 saturated heterocycles. The van der Waals surface area contributed by atoms with Crippen LogP contribution in [0.3, 0.4) is 0 Å². The van der Waals surface area contributed by atoms with Gasteiger partial charge in [0.1, 0.15) is 4.75 Å². The molecule has 1 atom stereocenters. The van der Waals surface area contributed by atoms with Crippen LogP contribution in [-0.4, -0.2) is 21.6 Å². The maximum absolute atomic E-state index is 11.2. The third kappa shape index (κ3) is 3.56. The second-order valence-electron chi connectivity index (χ2n) is 4.14. The van der Waals surface area contributed by atoms with Crippen LogP contribution in [0, 0.1) is 0 Å². The van der Waals surface area contributed by atoms with E-state index in [1.165, 1.54) is 0 Å². The number of carboxylic acid groups (broad SMARTS) is 1. The molecule has 0 aromatic rings. The zero-order chi connectivity index (χ0) is 11.1. The fourth-order valence-corrected chi connectivity index (χ4v) is 3.43. The molecule has 0 bridgehead atoms. The molecule has 1 aliphatic rings. The summed E-state index contributed by atoms with van der Waals surface area (Å²) in [7, 11) is 0. The number of aliphatic carboxylic acids is 1.